The summed E-state index contributed by atoms with van der Waals surface area (Å²) in [6.45, 7) is 5.74. The van der Waals surface area contributed by atoms with Crippen LogP contribution in [-0.4, -0.2) is 74.3 Å². The summed E-state index contributed by atoms with van der Waals surface area (Å²) in [5.41, 5.74) is 1.21. The third-order valence-electron chi connectivity index (χ3n) is 5.63. The molecular formula is C25H32B3N7O4S. The van der Waals surface area contributed by atoms with Crippen molar-refractivity contribution in [3.63, 3.8) is 0 Å². The van der Waals surface area contributed by atoms with Gasteiger partial charge in [0, 0.05) is 17.5 Å². The van der Waals surface area contributed by atoms with Crippen molar-refractivity contribution in [2.24, 2.45) is 5.92 Å². The van der Waals surface area contributed by atoms with Crippen molar-refractivity contribution in [2.75, 3.05) is 17.7 Å². The van der Waals surface area contributed by atoms with Crippen LogP contribution in [0.4, 0.5) is 17.2 Å². The van der Waals surface area contributed by atoms with E-state index in [1.54, 1.807) is 12.1 Å². The van der Waals surface area contributed by atoms with Crippen molar-refractivity contribution in [3.8, 4) is 16.3 Å². The fraction of sp³-hybridized carbons (Fsp3) is 0.360. The SMILES string of the molecule is BC(B)(B)NC(=O)c1nnc(NC(=O)C2CC2)cc1Nc1cccc(-c2ncc(C(=O)NC(C)(C)C)s2)c1OC. The van der Waals surface area contributed by atoms with E-state index in [1.807, 2.05) is 56.4 Å². The predicted molar refractivity (Wildman–Crippen MR) is 164 cm³/mol. The molecule has 1 saturated carbocycles. The van der Waals surface area contributed by atoms with Crippen LogP contribution in [0.1, 0.15) is 53.8 Å². The third-order valence-corrected chi connectivity index (χ3v) is 6.66. The van der Waals surface area contributed by atoms with Gasteiger partial charge in [0.15, 0.2) is 17.3 Å². The van der Waals surface area contributed by atoms with Gasteiger partial charge in [0.05, 0.1) is 30.2 Å². The van der Waals surface area contributed by atoms with Gasteiger partial charge in [-0.3, -0.25) is 14.4 Å². The van der Waals surface area contributed by atoms with Gasteiger partial charge in [0.1, 0.15) is 33.4 Å². The molecule has 4 N–H and O–H groups in total. The van der Waals surface area contributed by atoms with Gasteiger partial charge in [-0.2, -0.15) is 0 Å². The zero-order valence-corrected chi connectivity index (χ0v) is 24.6. The first-order chi connectivity index (χ1) is 18.7. The second-order valence-electron chi connectivity index (χ2n) is 11.7. The minimum atomic E-state index is -0.506. The number of hydrogen-bond acceptors (Lipinski definition) is 9. The Morgan fingerprint density at radius 1 is 1.02 bits per heavy atom. The van der Waals surface area contributed by atoms with Crippen molar-refractivity contribution < 1.29 is 19.1 Å². The fourth-order valence-corrected chi connectivity index (χ4v) is 4.60. The molecule has 1 aliphatic rings. The Balaban J connectivity index is 1.69. The van der Waals surface area contributed by atoms with E-state index < -0.39 is 11.1 Å². The van der Waals surface area contributed by atoms with Crippen LogP contribution < -0.4 is 26.0 Å². The lowest BCUT2D eigenvalue weighted by molar-refractivity contribution is -0.117. The molecule has 15 heteroatoms. The minimum Gasteiger partial charge on any atom is -0.494 e. The summed E-state index contributed by atoms with van der Waals surface area (Å²) in [7, 11) is 7.13. The maximum absolute atomic E-state index is 13.1. The molecule has 1 aliphatic carbocycles. The number of para-hydroxylation sites is 1. The quantitative estimate of drug-likeness (QED) is 0.277. The first-order valence-corrected chi connectivity index (χ1v) is 13.8. The number of anilines is 3. The highest BCUT2D eigenvalue weighted by molar-refractivity contribution is 7.17. The van der Waals surface area contributed by atoms with E-state index >= 15 is 0 Å². The van der Waals surface area contributed by atoms with Crippen LogP contribution in [0, 0.1) is 5.92 Å². The fourth-order valence-electron chi connectivity index (χ4n) is 3.76. The molecule has 1 aromatic carbocycles. The second-order valence-corrected chi connectivity index (χ2v) is 12.7. The Hall–Kier alpha value is -3.87. The highest BCUT2D eigenvalue weighted by atomic mass is 32.1. The zero-order valence-electron chi connectivity index (χ0n) is 23.8. The number of hydrogen-bond donors (Lipinski definition) is 4. The molecule has 0 unspecified atom stereocenters. The van der Waals surface area contributed by atoms with Gasteiger partial charge in [-0.1, -0.05) is 6.07 Å². The Morgan fingerprint density at radius 3 is 2.38 bits per heavy atom. The number of ether oxygens (including phenoxy) is 1. The predicted octanol–water partition coefficient (Wildman–Crippen LogP) is 0.469. The maximum Gasteiger partial charge on any atom is 0.272 e. The Kier molecular flexibility index (Phi) is 8.24. The highest BCUT2D eigenvalue weighted by Gasteiger charge is 2.30. The number of thiazole rings is 1. The van der Waals surface area contributed by atoms with E-state index in [2.05, 4.69) is 36.4 Å². The lowest BCUT2D eigenvalue weighted by Crippen LogP contribution is -2.50. The number of aromatic nitrogens is 3. The van der Waals surface area contributed by atoms with Gasteiger partial charge in [0.25, 0.3) is 11.8 Å². The summed E-state index contributed by atoms with van der Waals surface area (Å²) in [6, 6.07) is 7.02. The number of benzene rings is 1. The summed E-state index contributed by atoms with van der Waals surface area (Å²) < 4.78 is 5.77. The smallest absolute Gasteiger partial charge is 0.272 e. The molecular weight excluding hydrogens is 527 g/mol. The van der Waals surface area contributed by atoms with Gasteiger partial charge in [0.2, 0.25) is 5.91 Å². The Bertz CT molecular complexity index is 1450. The van der Waals surface area contributed by atoms with Crippen LogP contribution in [0.5, 0.6) is 5.75 Å². The zero-order chi connectivity index (χ0) is 29.2. The molecule has 0 radical (unpaired) electrons. The molecule has 0 bridgehead atoms. The van der Waals surface area contributed by atoms with Crippen LogP contribution in [0.2, 0.25) is 0 Å². The van der Waals surface area contributed by atoms with E-state index in [0.29, 0.717) is 32.6 Å². The largest absolute Gasteiger partial charge is 0.494 e. The molecule has 3 aromatic rings. The molecule has 4 rings (SSSR count). The maximum atomic E-state index is 13.1. The second kappa shape index (κ2) is 11.3. The molecule has 0 spiro atoms. The lowest BCUT2D eigenvalue weighted by Gasteiger charge is -2.22. The number of carbonyl (C=O) groups excluding carboxylic acids is 3. The van der Waals surface area contributed by atoms with Crippen LogP contribution in [0.3, 0.4) is 0 Å². The van der Waals surface area contributed by atoms with E-state index in [9.17, 15) is 14.4 Å². The molecule has 0 saturated heterocycles. The molecule has 40 heavy (non-hydrogen) atoms. The van der Waals surface area contributed by atoms with Crippen molar-refractivity contribution in [2.45, 2.75) is 44.4 Å². The number of rotatable bonds is 9. The van der Waals surface area contributed by atoms with Crippen molar-refractivity contribution in [3.05, 3.63) is 41.0 Å². The van der Waals surface area contributed by atoms with Gasteiger partial charge in [-0.25, -0.2) is 4.98 Å². The van der Waals surface area contributed by atoms with E-state index in [0.717, 1.165) is 12.8 Å². The van der Waals surface area contributed by atoms with Crippen LogP contribution >= 0.6 is 11.3 Å². The number of methoxy groups -OCH3 is 1. The topological polar surface area (TPSA) is 147 Å². The van der Waals surface area contributed by atoms with E-state index in [-0.39, 0.29) is 34.8 Å². The van der Waals surface area contributed by atoms with Crippen molar-refractivity contribution >= 4 is 69.8 Å². The number of nitrogens with one attached hydrogen (secondary N) is 4. The molecule has 0 atom stereocenters. The number of amides is 3. The monoisotopic (exact) mass is 559 g/mol. The third kappa shape index (κ3) is 7.41. The van der Waals surface area contributed by atoms with E-state index in [4.69, 9.17) is 4.74 Å². The van der Waals surface area contributed by atoms with Crippen molar-refractivity contribution in [1.82, 2.24) is 25.8 Å². The Morgan fingerprint density at radius 2 is 1.75 bits per heavy atom. The molecule has 2 heterocycles. The van der Waals surface area contributed by atoms with Gasteiger partial charge >= 0.3 is 0 Å². The van der Waals surface area contributed by atoms with Gasteiger partial charge in [-0.05, 0) is 51.0 Å². The number of carbonyl (C=O) groups is 3. The molecule has 11 nitrogen and oxygen atoms in total. The molecule has 206 valence electrons. The average molecular weight is 559 g/mol. The molecule has 3 amide bonds. The van der Waals surface area contributed by atoms with Crippen LogP contribution in [0.15, 0.2) is 30.5 Å². The standard InChI is InChI=1S/C25H32B3N7O4S/c1-24(2,3)32-21(37)16-11-29-23(40-16)13-6-5-7-14(19(13)39-4)30-15-10-17(31-20(36)12-8-9-12)34-35-18(15)22(38)33-25(26,27)28/h5-7,10-12H,8-9,26-28H2,1-4H3,(H,32,37)(H,33,38)(H2,30,31,34,36). The Labute approximate surface area is 239 Å². The average Bonchev–Trinajstić information content (AvgIpc) is 3.58. The van der Waals surface area contributed by atoms with Crippen molar-refractivity contribution in [1.29, 1.82) is 0 Å². The summed E-state index contributed by atoms with van der Waals surface area (Å²) in [5, 5.41) is 20.2. The first-order valence-electron chi connectivity index (χ1n) is 13.0. The summed E-state index contributed by atoms with van der Waals surface area (Å²) >= 11 is 1.25. The first kappa shape index (κ1) is 29.1. The molecule has 2 aromatic heterocycles. The molecule has 1 fully saturated rings. The van der Waals surface area contributed by atoms with Crippen LogP contribution in [-0.2, 0) is 4.79 Å². The number of nitrogens with zero attached hydrogens (tertiary/aromatic N) is 3. The summed E-state index contributed by atoms with van der Waals surface area (Å²) in [6.07, 6.45) is 3.23. The van der Waals surface area contributed by atoms with Crippen LogP contribution in [0.25, 0.3) is 10.6 Å². The summed E-state index contributed by atoms with van der Waals surface area (Å²) in [4.78, 5) is 43.1. The highest BCUT2D eigenvalue weighted by Crippen LogP contribution is 2.40. The summed E-state index contributed by atoms with van der Waals surface area (Å²) in [5.74, 6) is -0.0810. The minimum absolute atomic E-state index is 0.0208. The lowest BCUT2D eigenvalue weighted by atomic mass is 9.49. The van der Waals surface area contributed by atoms with Gasteiger partial charge in [-0.15, -0.1) is 21.5 Å². The normalized spacial score (nSPS) is 13.3. The van der Waals surface area contributed by atoms with E-state index in [1.165, 1.54) is 24.6 Å². The molecule has 0 aliphatic heterocycles. The van der Waals surface area contributed by atoms with Gasteiger partial charge < -0.3 is 26.0 Å².